The first kappa shape index (κ1) is 17.5. The molecular weight excluding hydrogens is 396 g/mol. The molecule has 1 aromatic heterocycles. The summed E-state index contributed by atoms with van der Waals surface area (Å²) < 4.78 is 6.61. The van der Waals surface area contributed by atoms with Crippen LogP contribution in [0.2, 0.25) is 0 Å². The Bertz CT molecular complexity index is 808. The van der Waals surface area contributed by atoms with E-state index in [1.165, 1.54) is 0 Å². The lowest BCUT2D eigenvalue weighted by Gasteiger charge is -2.37. The molecule has 1 aliphatic heterocycles. The molecule has 1 saturated heterocycles. The Morgan fingerprint density at radius 3 is 2.65 bits per heavy atom. The molecule has 26 heavy (non-hydrogen) atoms. The Kier molecular flexibility index (Phi) is 4.75. The largest absolute Gasteiger partial charge is 0.372 e. The van der Waals surface area contributed by atoms with Crippen LogP contribution in [0.4, 0.5) is 11.4 Å². The lowest BCUT2D eigenvalue weighted by molar-refractivity contribution is -0.00517. The van der Waals surface area contributed by atoms with Crippen LogP contribution in [-0.4, -0.2) is 41.4 Å². The third-order valence-corrected chi connectivity index (χ3v) is 5.65. The van der Waals surface area contributed by atoms with Crippen LogP contribution in [0.1, 0.15) is 48.8 Å². The first-order chi connectivity index (χ1) is 12.5. The van der Waals surface area contributed by atoms with Crippen LogP contribution in [0.15, 0.2) is 28.7 Å². The highest BCUT2D eigenvalue weighted by Crippen LogP contribution is 2.43. The molecular formula is C19H23BrN4O2. The fourth-order valence-electron chi connectivity index (χ4n) is 3.55. The van der Waals surface area contributed by atoms with E-state index in [2.05, 4.69) is 50.2 Å². The number of halogens is 1. The molecule has 1 saturated carbocycles. The fourth-order valence-corrected chi connectivity index (χ4v) is 4.23. The average molecular weight is 419 g/mol. The second-order valence-corrected chi connectivity index (χ2v) is 8.00. The third-order valence-electron chi connectivity index (χ3n) is 4.85. The van der Waals surface area contributed by atoms with E-state index < -0.39 is 0 Å². The molecule has 1 aromatic carbocycles. The summed E-state index contributed by atoms with van der Waals surface area (Å²) in [5.74, 6) is 0.295. The van der Waals surface area contributed by atoms with Gasteiger partial charge in [0.1, 0.15) is 0 Å². The Hall–Kier alpha value is -1.86. The van der Waals surface area contributed by atoms with E-state index in [1.54, 1.807) is 0 Å². The van der Waals surface area contributed by atoms with Gasteiger partial charge in [0.05, 0.1) is 33.7 Å². The molecule has 1 amide bonds. The van der Waals surface area contributed by atoms with Gasteiger partial charge >= 0.3 is 0 Å². The third kappa shape index (κ3) is 3.50. The fraction of sp³-hybridized carbons (Fsp3) is 0.474. The molecule has 2 N–H and O–H groups in total. The number of H-pyrrole nitrogens is 1. The van der Waals surface area contributed by atoms with Gasteiger partial charge in [-0.3, -0.25) is 9.89 Å². The summed E-state index contributed by atoms with van der Waals surface area (Å²) in [5, 5.41) is 10.3. The van der Waals surface area contributed by atoms with E-state index in [9.17, 15) is 4.79 Å². The number of anilines is 2. The van der Waals surface area contributed by atoms with Gasteiger partial charge in [-0.05, 0) is 54.8 Å². The SMILES string of the molecule is CC1CN(c2ccccc2NC(=O)c2n[nH]c(C3CC3)c2Br)CC(C)O1. The lowest BCUT2D eigenvalue weighted by atomic mass is 10.1. The minimum absolute atomic E-state index is 0.157. The van der Waals surface area contributed by atoms with Crippen LogP contribution in [-0.2, 0) is 4.74 Å². The van der Waals surface area contributed by atoms with Crippen molar-refractivity contribution in [3.63, 3.8) is 0 Å². The Balaban J connectivity index is 1.56. The minimum Gasteiger partial charge on any atom is -0.372 e. The van der Waals surface area contributed by atoms with Gasteiger partial charge in [-0.1, -0.05) is 12.1 Å². The van der Waals surface area contributed by atoms with Crippen LogP contribution in [0.25, 0.3) is 0 Å². The summed E-state index contributed by atoms with van der Waals surface area (Å²) in [6.07, 6.45) is 2.61. The van der Waals surface area contributed by atoms with Gasteiger partial charge in [0.15, 0.2) is 5.69 Å². The van der Waals surface area contributed by atoms with Crippen LogP contribution < -0.4 is 10.2 Å². The van der Waals surface area contributed by atoms with Gasteiger partial charge < -0.3 is 15.0 Å². The molecule has 4 rings (SSSR count). The topological polar surface area (TPSA) is 70.2 Å². The van der Waals surface area contributed by atoms with Gasteiger partial charge in [-0.2, -0.15) is 5.10 Å². The second-order valence-electron chi connectivity index (χ2n) is 7.21. The van der Waals surface area contributed by atoms with E-state index in [4.69, 9.17) is 4.74 Å². The number of benzene rings is 1. The van der Waals surface area contributed by atoms with Gasteiger partial charge in [0.2, 0.25) is 0 Å². The van der Waals surface area contributed by atoms with Crippen molar-refractivity contribution in [1.82, 2.24) is 10.2 Å². The number of ether oxygens (including phenoxy) is 1. The molecule has 1 aliphatic carbocycles. The number of nitrogens with one attached hydrogen (secondary N) is 2. The van der Waals surface area contributed by atoms with Crippen LogP contribution in [0.3, 0.4) is 0 Å². The van der Waals surface area contributed by atoms with Crippen molar-refractivity contribution in [1.29, 1.82) is 0 Å². The number of carbonyl (C=O) groups excluding carboxylic acids is 1. The zero-order valence-electron chi connectivity index (χ0n) is 15.0. The number of hydrogen-bond acceptors (Lipinski definition) is 4. The predicted octanol–water partition coefficient (Wildman–Crippen LogP) is 3.92. The number of para-hydroxylation sites is 2. The molecule has 2 unspecified atom stereocenters. The second kappa shape index (κ2) is 7.04. The van der Waals surface area contributed by atoms with Crippen molar-refractivity contribution in [3.05, 3.63) is 40.1 Å². The Morgan fingerprint density at radius 1 is 1.27 bits per heavy atom. The molecule has 2 aromatic rings. The molecule has 0 radical (unpaired) electrons. The molecule has 2 aliphatic rings. The summed E-state index contributed by atoms with van der Waals surface area (Å²) in [7, 11) is 0. The molecule has 138 valence electrons. The first-order valence-electron chi connectivity index (χ1n) is 9.07. The van der Waals surface area contributed by atoms with E-state index >= 15 is 0 Å². The van der Waals surface area contributed by atoms with Gasteiger partial charge in [0.25, 0.3) is 5.91 Å². The number of carbonyl (C=O) groups is 1. The number of rotatable bonds is 4. The summed E-state index contributed by atoms with van der Waals surface area (Å²) in [6.45, 7) is 5.75. The van der Waals surface area contributed by atoms with E-state index in [1.807, 2.05) is 24.3 Å². The number of aromatic nitrogens is 2. The number of nitrogens with zero attached hydrogens (tertiary/aromatic N) is 2. The smallest absolute Gasteiger partial charge is 0.277 e. The summed E-state index contributed by atoms with van der Waals surface area (Å²) in [4.78, 5) is 15.1. The number of hydrogen-bond donors (Lipinski definition) is 2. The lowest BCUT2D eigenvalue weighted by Crippen LogP contribution is -2.45. The van der Waals surface area contributed by atoms with Crippen molar-refractivity contribution in [2.45, 2.75) is 44.8 Å². The number of amides is 1. The normalized spacial score (nSPS) is 23.1. The highest BCUT2D eigenvalue weighted by atomic mass is 79.9. The number of morpholine rings is 1. The van der Waals surface area contributed by atoms with Crippen molar-refractivity contribution in [3.8, 4) is 0 Å². The molecule has 7 heteroatoms. The van der Waals surface area contributed by atoms with Gasteiger partial charge in [-0.15, -0.1) is 0 Å². The Morgan fingerprint density at radius 2 is 1.96 bits per heavy atom. The van der Waals surface area contributed by atoms with Crippen LogP contribution >= 0.6 is 15.9 Å². The predicted molar refractivity (Wildman–Crippen MR) is 105 cm³/mol. The highest BCUT2D eigenvalue weighted by Gasteiger charge is 2.31. The summed E-state index contributed by atoms with van der Waals surface area (Å²) in [6, 6.07) is 7.89. The zero-order valence-corrected chi connectivity index (χ0v) is 16.5. The summed E-state index contributed by atoms with van der Waals surface area (Å²) >= 11 is 3.54. The van der Waals surface area contributed by atoms with E-state index in [0.717, 1.165) is 47.5 Å². The van der Waals surface area contributed by atoms with E-state index in [0.29, 0.717) is 11.6 Å². The molecule has 0 spiro atoms. The van der Waals surface area contributed by atoms with E-state index in [-0.39, 0.29) is 18.1 Å². The first-order valence-corrected chi connectivity index (χ1v) is 9.86. The van der Waals surface area contributed by atoms with Crippen molar-refractivity contribution < 1.29 is 9.53 Å². The molecule has 2 fully saturated rings. The minimum atomic E-state index is -0.207. The summed E-state index contributed by atoms with van der Waals surface area (Å²) in [5.41, 5.74) is 3.24. The number of aromatic amines is 1. The molecule has 6 nitrogen and oxygen atoms in total. The maximum atomic E-state index is 12.8. The Labute approximate surface area is 161 Å². The molecule has 2 atom stereocenters. The van der Waals surface area contributed by atoms with Crippen molar-refractivity contribution in [2.75, 3.05) is 23.3 Å². The highest BCUT2D eigenvalue weighted by molar-refractivity contribution is 9.10. The molecule has 0 bridgehead atoms. The van der Waals surface area contributed by atoms with Gasteiger partial charge in [0, 0.05) is 19.0 Å². The van der Waals surface area contributed by atoms with Crippen molar-refractivity contribution in [2.24, 2.45) is 0 Å². The van der Waals surface area contributed by atoms with Crippen LogP contribution in [0, 0.1) is 0 Å². The molecule has 2 heterocycles. The monoisotopic (exact) mass is 418 g/mol. The quantitative estimate of drug-likeness (QED) is 0.789. The standard InChI is InChI=1S/C19H23BrN4O2/c1-11-9-24(10-12(2)26-11)15-6-4-3-5-14(15)21-19(25)18-16(20)17(22-23-18)13-7-8-13/h3-6,11-13H,7-10H2,1-2H3,(H,21,25)(H,22,23). The maximum absolute atomic E-state index is 12.8. The van der Waals surface area contributed by atoms with Crippen molar-refractivity contribution >= 4 is 33.2 Å². The average Bonchev–Trinajstić information content (AvgIpc) is 3.36. The maximum Gasteiger partial charge on any atom is 0.277 e. The van der Waals surface area contributed by atoms with Gasteiger partial charge in [-0.25, -0.2) is 0 Å². The zero-order chi connectivity index (χ0) is 18.3. The van der Waals surface area contributed by atoms with Crippen LogP contribution in [0.5, 0.6) is 0 Å².